The average molecular weight is 728 g/mol. The Balaban J connectivity index is 1.15. The molecule has 0 atom stereocenters. The van der Waals surface area contributed by atoms with Crippen molar-refractivity contribution in [2.24, 2.45) is 0 Å². The molecule has 2 heteroatoms. The maximum absolute atomic E-state index is 6.97. The van der Waals surface area contributed by atoms with Crippen molar-refractivity contribution in [1.82, 2.24) is 0 Å². The minimum Gasteiger partial charge on any atom is -0.455 e. The average Bonchev–Trinajstić information content (AvgIpc) is 3.73. The second kappa shape index (κ2) is 11.9. The van der Waals surface area contributed by atoms with Crippen molar-refractivity contribution in [1.29, 1.82) is 0 Å². The van der Waals surface area contributed by atoms with Crippen molar-refractivity contribution in [3.8, 4) is 22.3 Å². The Labute approximate surface area is 330 Å². The highest BCUT2D eigenvalue weighted by atomic mass is 16.3. The largest absolute Gasteiger partial charge is 0.455 e. The SMILES string of the molecule is CC1(C)c2ccccc2-c2ccc(N(c3ccc4oc5c(-c6cccc7ccccc67)c6ccccc6cc5c4c3)c3cc4ccccc4c4ccccc34)cc21. The van der Waals surface area contributed by atoms with Crippen molar-refractivity contribution in [2.75, 3.05) is 4.90 Å². The summed E-state index contributed by atoms with van der Waals surface area (Å²) >= 11 is 0. The van der Waals surface area contributed by atoms with Gasteiger partial charge in [-0.1, -0.05) is 159 Å². The van der Waals surface area contributed by atoms with E-state index in [0.717, 1.165) is 44.6 Å². The minimum absolute atomic E-state index is 0.136. The van der Waals surface area contributed by atoms with Gasteiger partial charge in [-0.05, 0) is 108 Å². The third-order valence-corrected chi connectivity index (χ3v) is 12.6. The summed E-state index contributed by atoms with van der Waals surface area (Å²) in [5.41, 5.74) is 12.7. The number of rotatable bonds is 4. The zero-order valence-corrected chi connectivity index (χ0v) is 31.8. The molecule has 12 rings (SSSR count). The lowest BCUT2D eigenvalue weighted by molar-refractivity contribution is 0.660. The van der Waals surface area contributed by atoms with Gasteiger partial charge in [0.2, 0.25) is 0 Å². The molecule has 0 radical (unpaired) electrons. The number of fused-ring (bicyclic) bond motifs is 11. The van der Waals surface area contributed by atoms with Crippen LogP contribution in [0.4, 0.5) is 17.1 Å². The van der Waals surface area contributed by atoms with E-state index in [1.807, 2.05) is 0 Å². The monoisotopic (exact) mass is 727 g/mol. The molecule has 2 nitrogen and oxygen atoms in total. The van der Waals surface area contributed by atoms with Crippen molar-refractivity contribution < 1.29 is 4.42 Å². The van der Waals surface area contributed by atoms with Gasteiger partial charge in [0, 0.05) is 38.5 Å². The molecule has 0 saturated heterocycles. The third-order valence-electron chi connectivity index (χ3n) is 12.6. The summed E-state index contributed by atoms with van der Waals surface area (Å²) in [6.07, 6.45) is 0. The highest BCUT2D eigenvalue weighted by Gasteiger charge is 2.36. The molecule has 0 aliphatic heterocycles. The summed E-state index contributed by atoms with van der Waals surface area (Å²) in [4.78, 5) is 2.47. The van der Waals surface area contributed by atoms with E-state index >= 15 is 0 Å². The van der Waals surface area contributed by atoms with Crippen molar-refractivity contribution in [2.45, 2.75) is 19.3 Å². The van der Waals surface area contributed by atoms with Gasteiger partial charge < -0.3 is 9.32 Å². The zero-order valence-electron chi connectivity index (χ0n) is 31.8. The molecule has 57 heavy (non-hydrogen) atoms. The van der Waals surface area contributed by atoms with Gasteiger partial charge in [-0.3, -0.25) is 0 Å². The fraction of sp³-hybridized carbons (Fsp3) is 0.0545. The number of hydrogen-bond acceptors (Lipinski definition) is 2. The van der Waals surface area contributed by atoms with Crippen LogP contribution in [0.15, 0.2) is 192 Å². The summed E-state index contributed by atoms with van der Waals surface area (Å²) in [5.74, 6) is 0. The number of nitrogens with zero attached hydrogens (tertiary/aromatic N) is 1. The van der Waals surface area contributed by atoms with Gasteiger partial charge in [0.05, 0.1) is 5.69 Å². The Morgan fingerprint density at radius 2 is 0.982 bits per heavy atom. The molecule has 1 aliphatic rings. The van der Waals surface area contributed by atoms with Crippen molar-refractivity contribution in [3.05, 3.63) is 199 Å². The van der Waals surface area contributed by atoms with Gasteiger partial charge in [-0.25, -0.2) is 0 Å². The van der Waals surface area contributed by atoms with Crippen LogP contribution < -0.4 is 4.90 Å². The Morgan fingerprint density at radius 1 is 0.386 bits per heavy atom. The second-order valence-corrected chi connectivity index (χ2v) is 16.1. The number of furan rings is 1. The summed E-state index contributed by atoms with van der Waals surface area (Å²) in [6, 6.07) is 69.0. The second-order valence-electron chi connectivity index (χ2n) is 16.1. The van der Waals surface area contributed by atoms with Crippen LogP contribution in [0.3, 0.4) is 0 Å². The van der Waals surface area contributed by atoms with Crippen LogP contribution in [0.25, 0.3) is 87.3 Å². The van der Waals surface area contributed by atoms with Crippen LogP contribution in [-0.2, 0) is 5.41 Å². The predicted molar refractivity (Wildman–Crippen MR) is 241 cm³/mol. The third kappa shape index (κ3) is 4.65. The van der Waals surface area contributed by atoms with Gasteiger partial charge in [-0.2, -0.15) is 0 Å². The molecule has 1 aliphatic carbocycles. The first-order valence-corrected chi connectivity index (χ1v) is 19.8. The molecule has 0 bridgehead atoms. The molecular formula is C55H37NO. The first kappa shape index (κ1) is 32.1. The van der Waals surface area contributed by atoms with Gasteiger partial charge in [0.1, 0.15) is 11.2 Å². The molecular weight excluding hydrogens is 691 g/mol. The van der Waals surface area contributed by atoms with E-state index in [2.05, 4.69) is 207 Å². The predicted octanol–water partition coefficient (Wildman–Crippen LogP) is 15.6. The Hall–Kier alpha value is -7.16. The van der Waals surface area contributed by atoms with Crippen LogP contribution in [0.5, 0.6) is 0 Å². The Morgan fingerprint density at radius 3 is 1.82 bits per heavy atom. The van der Waals surface area contributed by atoms with Crippen LogP contribution >= 0.6 is 0 Å². The van der Waals surface area contributed by atoms with E-state index in [-0.39, 0.29) is 5.41 Å². The maximum Gasteiger partial charge on any atom is 0.143 e. The summed E-state index contributed by atoms with van der Waals surface area (Å²) in [6.45, 7) is 4.72. The molecule has 11 aromatic rings. The van der Waals surface area contributed by atoms with E-state index < -0.39 is 0 Å². The lowest BCUT2D eigenvalue weighted by Gasteiger charge is -2.29. The Bertz CT molecular complexity index is 3450. The fourth-order valence-corrected chi connectivity index (χ4v) is 9.89. The molecule has 0 fully saturated rings. The summed E-state index contributed by atoms with van der Waals surface area (Å²) in [5, 5.41) is 11.9. The highest BCUT2D eigenvalue weighted by Crippen LogP contribution is 2.52. The first-order chi connectivity index (χ1) is 28.0. The quantitative estimate of drug-likeness (QED) is 0.168. The summed E-state index contributed by atoms with van der Waals surface area (Å²) in [7, 11) is 0. The summed E-state index contributed by atoms with van der Waals surface area (Å²) < 4.78 is 6.97. The molecule has 10 aromatic carbocycles. The topological polar surface area (TPSA) is 16.4 Å². The Kier molecular flexibility index (Phi) is 6.72. The number of benzene rings is 10. The van der Waals surface area contributed by atoms with E-state index in [9.17, 15) is 0 Å². The van der Waals surface area contributed by atoms with Gasteiger partial charge in [-0.15, -0.1) is 0 Å². The van der Waals surface area contributed by atoms with Crippen LogP contribution in [0.1, 0.15) is 25.0 Å². The molecule has 0 saturated carbocycles. The van der Waals surface area contributed by atoms with Crippen LogP contribution in [-0.4, -0.2) is 0 Å². The van der Waals surface area contributed by atoms with Gasteiger partial charge in [0.25, 0.3) is 0 Å². The van der Waals surface area contributed by atoms with Crippen molar-refractivity contribution >= 4 is 82.1 Å². The molecule has 1 heterocycles. The maximum atomic E-state index is 6.97. The normalized spacial score (nSPS) is 13.2. The minimum atomic E-state index is -0.136. The fourth-order valence-electron chi connectivity index (χ4n) is 9.89. The number of hydrogen-bond donors (Lipinski definition) is 0. The lowest BCUT2D eigenvalue weighted by atomic mass is 9.82. The molecule has 0 amide bonds. The molecule has 1 aromatic heterocycles. The highest BCUT2D eigenvalue weighted by molar-refractivity contribution is 6.21. The van der Waals surface area contributed by atoms with Gasteiger partial charge >= 0.3 is 0 Å². The van der Waals surface area contributed by atoms with E-state index in [1.54, 1.807) is 0 Å². The van der Waals surface area contributed by atoms with Crippen molar-refractivity contribution in [3.63, 3.8) is 0 Å². The van der Waals surface area contributed by atoms with E-state index in [1.165, 1.54) is 70.9 Å². The van der Waals surface area contributed by atoms with Gasteiger partial charge in [0.15, 0.2) is 0 Å². The van der Waals surface area contributed by atoms with E-state index in [0.29, 0.717) is 0 Å². The smallest absolute Gasteiger partial charge is 0.143 e. The first-order valence-electron chi connectivity index (χ1n) is 19.8. The number of anilines is 3. The zero-order chi connectivity index (χ0) is 37.8. The molecule has 0 unspecified atom stereocenters. The van der Waals surface area contributed by atoms with Crippen LogP contribution in [0.2, 0.25) is 0 Å². The molecule has 268 valence electrons. The molecule has 0 spiro atoms. The lowest BCUT2D eigenvalue weighted by Crippen LogP contribution is -2.16. The standard InChI is InChI=1S/C55H37NO/c1-55(2)49-25-12-11-22-43(49)44-28-26-38(33-50(44)55)56(51-31-36-16-4-7-19-40(36)42-21-9-10-23-45(42)51)37-27-29-52-47(32-37)48-30-35-15-5-8-20-41(35)53(54(48)57-52)46-24-13-17-34-14-3-6-18-39(34)46/h3-33H,1-2H3. The van der Waals surface area contributed by atoms with Crippen LogP contribution in [0, 0.1) is 0 Å². The molecule has 0 N–H and O–H groups in total. The van der Waals surface area contributed by atoms with E-state index in [4.69, 9.17) is 4.42 Å².